The second kappa shape index (κ2) is 4.49. The first kappa shape index (κ1) is 13.7. The lowest BCUT2D eigenvalue weighted by molar-refractivity contribution is -0.145. The van der Waals surface area contributed by atoms with Crippen LogP contribution in [0.25, 0.3) is 0 Å². The predicted octanol–water partition coefficient (Wildman–Crippen LogP) is 2.08. The van der Waals surface area contributed by atoms with Gasteiger partial charge in [-0.1, -0.05) is 0 Å². The number of halogens is 6. The third-order valence-corrected chi connectivity index (χ3v) is 1.78. The van der Waals surface area contributed by atoms with E-state index in [0.717, 1.165) is 0 Å². The van der Waals surface area contributed by atoms with Crippen LogP contribution in [0.1, 0.15) is 17.0 Å². The summed E-state index contributed by atoms with van der Waals surface area (Å²) in [7, 11) is 0. The van der Waals surface area contributed by atoms with Gasteiger partial charge in [-0.25, -0.2) is 4.98 Å². The molecule has 3 N–H and O–H groups in total. The van der Waals surface area contributed by atoms with Crippen LogP contribution >= 0.6 is 0 Å². The molecule has 0 aliphatic rings. The van der Waals surface area contributed by atoms with Crippen molar-refractivity contribution in [3.8, 4) is 0 Å². The van der Waals surface area contributed by atoms with Gasteiger partial charge in [0.15, 0.2) is 0 Å². The first-order valence-electron chi connectivity index (χ1n) is 4.23. The molecule has 1 heterocycles. The lowest BCUT2D eigenvalue weighted by Crippen LogP contribution is -2.23. The molecule has 0 aliphatic heterocycles. The van der Waals surface area contributed by atoms with E-state index in [1.54, 1.807) is 0 Å². The van der Waals surface area contributed by atoms with Crippen LogP contribution in [0.2, 0.25) is 0 Å². The fourth-order valence-electron chi connectivity index (χ4n) is 1.09. The maximum atomic E-state index is 12.3. The molecule has 0 saturated heterocycles. The van der Waals surface area contributed by atoms with E-state index in [1.165, 1.54) is 0 Å². The minimum Gasteiger partial charge on any atom is -0.271 e. The number of hydrazine groups is 1. The average molecular weight is 259 g/mol. The number of hydrogen-bond acceptors (Lipinski definition) is 3. The van der Waals surface area contributed by atoms with Gasteiger partial charge in [-0.3, -0.25) is 11.3 Å². The van der Waals surface area contributed by atoms with Gasteiger partial charge in [-0.2, -0.15) is 26.3 Å². The fourth-order valence-corrected chi connectivity index (χ4v) is 1.09. The quantitative estimate of drug-likeness (QED) is 0.485. The molecule has 1 aromatic rings. The molecule has 1 rings (SSSR count). The van der Waals surface area contributed by atoms with E-state index in [1.807, 2.05) is 5.43 Å². The summed E-state index contributed by atoms with van der Waals surface area (Å²) in [5, 5.41) is 0. The number of nitrogens with two attached hydrogens (primary N) is 1. The van der Waals surface area contributed by atoms with E-state index in [2.05, 4.69) is 4.98 Å². The van der Waals surface area contributed by atoms with Crippen molar-refractivity contribution in [2.75, 3.05) is 0 Å². The maximum absolute atomic E-state index is 12.3. The highest BCUT2D eigenvalue weighted by atomic mass is 19.4. The molecule has 0 radical (unpaired) electrons. The summed E-state index contributed by atoms with van der Waals surface area (Å²) in [6, 6.07) is 0.467. The van der Waals surface area contributed by atoms with Crippen LogP contribution < -0.4 is 11.3 Å². The minimum atomic E-state index is -4.94. The van der Waals surface area contributed by atoms with Gasteiger partial charge in [0.1, 0.15) is 5.69 Å². The second-order valence-corrected chi connectivity index (χ2v) is 3.11. The first-order chi connectivity index (χ1) is 7.64. The van der Waals surface area contributed by atoms with Gasteiger partial charge in [-0.05, 0) is 12.1 Å². The van der Waals surface area contributed by atoms with Crippen molar-refractivity contribution in [2.45, 2.75) is 18.9 Å². The number of aromatic nitrogens is 1. The molecule has 0 aliphatic carbocycles. The van der Waals surface area contributed by atoms with Gasteiger partial charge in [-0.15, -0.1) is 0 Å². The molecule has 0 unspecified atom stereocenters. The van der Waals surface area contributed by atoms with E-state index < -0.39 is 35.8 Å². The van der Waals surface area contributed by atoms with E-state index in [9.17, 15) is 26.3 Å². The standard InChI is InChI=1S/C8H7F6N3/c9-7(10,11)4-1-5(3-16-15)17-6(2-4)8(12,13)14/h1-2,16H,3,15H2. The molecule has 0 amide bonds. The normalized spacial score (nSPS) is 12.9. The van der Waals surface area contributed by atoms with E-state index in [4.69, 9.17) is 5.84 Å². The van der Waals surface area contributed by atoms with Crippen molar-refractivity contribution in [3.05, 3.63) is 29.1 Å². The Hall–Kier alpha value is -1.35. The molecule has 96 valence electrons. The third-order valence-electron chi connectivity index (χ3n) is 1.78. The predicted molar refractivity (Wildman–Crippen MR) is 45.3 cm³/mol. The van der Waals surface area contributed by atoms with E-state index in [0.29, 0.717) is 6.07 Å². The lowest BCUT2D eigenvalue weighted by Gasteiger charge is -2.12. The highest BCUT2D eigenvalue weighted by molar-refractivity contribution is 5.25. The molecular weight excluding hydrogens is 252 g/mol. The van der Waals surface area contributed by atoms with Crippen LogP contribution in [-0.4, -0.2) is 4.98 Å². The number of pyridine rings is 1. The van der Waals surface area contributed by atoms with Gasteiger partial charge in [0.2, 0.25) is 0 Å². The van der Waals surface area contributed by atoms with Crippen molar-refractivity contribution in [3.63, 3.8) is 0 Å². The topological polar surface area (TPSA) is 50.9 Å². The van der Waals surface area contributed by atoms with Crippen LogP contribution in [0.15, 0.2) is 12.1 Å². The van der Waals surface area contributed by atoms with Crippen LogP contribution in [0.4, 0.5) is 26.3 Å². The monoisotopic (exact) mass is 259 g/mol. The third kappa shape index (κ3) is 3.56. The van der Waals surface area contributed by atoms with Crippen LogP contribution in [-0.2, 0) is 18.9 Å². The molecular formula is C8H7F6N3. The molecule has 0 fully saturated rings. The summed E-state index contributed by atoms with van der Waals surface area (Å²) in [6.07, 6.45) is -9.81. The Labute approximate surface area is 91.6 Å². The molecule has 0 spiro atoms. The average Bonchev–Trinajstić information content (AvgIpc) is 2.15. The summed E-state index contributed by atoms with van der Waals surface area (Å²) in [6.45, 7) is -0.396. The number of alkyl halides is 6. The molecule has 0 saturated carbocycles. The lowest BCUT2D eigenvalue weighted by atomic mass is 10.1. The molecule has 1 aromatic heterocycles. The van der Waals surface area contributed by atoms with Gasteiger partial charge in [0.25, 0.3) is 0 Å². The van der Waals surface area contributed by atoms with Crippen molar-refractivity contribution >= 4 is 0 Å². The van der Waals surface area contributed by atoms with Gasteiger partial charge >= 0.3 is 12.4 Å². The van der Waals surface area contributed by atoms with Crippen molar-refractivity contribution in [2.24, 2.45) is 5.84 Å². The smallest absolute Gasteiger partial charge is 0.271 e. The van der Waals surface area contributed by atoms with Crippen molar-refractivity contribution in [1.82, 2.24) is 10.4 Å². The largest absolute Gasteiger partial charge is 0.433 e. The van der Waals surface area contributed by atoms with Gasteiger partial charge in [0, 0.05) is 0 Å². The first-order valence-corrected chi connectivity index (χ1v) is 4.23. The zero-order chi connectivity index (χ0) is 13.3. The highest BCUT2D eigenvalue weighted by Gasteiger charge is 2.38. The minimum absolute atomic E-state index is 0.0416. The number of nitrogens with one attached hydrogen (secondary N) is 1. The van der Waals surface area contributed by atoms with Crippen LogP contribution in [0, 0.1) is 0 Å². The Bertz CT molecular complexity index is 365. The van der Waals surface area contributed by atoms with Gasteiger partial charge in [0.05, 0.1) is 17.8 Å². The molecule has 0 atom stereocenters. The highest BCUT2D eigenvalue weighted by Crippen LogP contribution is 2.34. The molecule has 0 bridgehead atoms. The summed E-state index contributed by atoms with van der Waals surface area (Å²) in [5.74, 6) is 4.83. The van der Waals surface area contributed by atoms with Crippen LogP contribution in [0.5, 0.6) is 0 Å². The molecule has 3 nitrogen and oxygen atoms in total. The number of rotatable bonds is 2. The Balaban J connectivity index is 3.29. The van der Waals surface area contributed by atoms with E-state index in [-0.39, 0.29) is 6.07 Å². The Morgan fingerprint density at radius 3 is 2.06 bits per heavy atom. The summed E-state index contributed by atoms with van der Waals surface area (Å²) in [4.78, 5) is 3.04. The zero-order valence-electron chi connectivity index (χ0n) is 8.15. The second-order valence-electron chi connectivity index (χ2n) is 3.11. The fraction of sp³-hybridized carbons (Fsp3) is 0.375. The summed E-state index contributed by atoms with van der Waals surface area (Å²) >= 11 is 0. The van der Waals surface area contributed by atoms with Gasteiger partial charge < -0.3 is 0 Å². The Morgan fingerprint density at radius 1 is 1.06 bits per heavy atom. The Kier molecular flexibility index (Phi) is 3.62. The molecule has 17 heavy (non-hydrogen) atoms. The molecule has 0 aromatic carbocycles. The SMILES string of the molecule is NNCc1cc(C(F)(F)F)cc(C(F)(F)F)n1. The Morgan fingerprint density at radius 2 is 1.65 bits per heavy atom. The maximum Gasteiger partial charge on any atom is 0.433 e. The van der Waals surface area contributed by atoms with Crippen molar-refractivity contribution < 1.29 is 26.3 Å². The number of hydrogen-bond donors (Lipinski definition) is 2. The number of nitrogens with zero attached hydrogens (tertiary/aromatic N) is 1. The van der Waals surface area contributed by atoms with Crippen LogP contribution in [0.3, 0.4) is 0 Å². The zero-order valence-corrected chi connectivity index (χ0v) is 8.15. The summed E-state index contributed by atoms with van der Waals surface area (Å²) in [5.41, 5.74) is -1.50. The van der Waals surface area contributed by atoms with Crippen molar-refractivity contribution in [1.29, 1.82) is 0 Å². The van der Waals surface area contributed by atoms with E-state index >= 15 is 0 Å². The summed E-state index contributed by atoms with van der Waals surface area (Å²) < 4.78 is 73.9. The molecule has 9 heteroatoms.